The number of hydrogen-bond acceptors (Lipinski definition) is 1. The van der Waals surface area contributed by atoms with E-state index in [9.17, 15) is 0 Å². The van der Waals surface area contributed by atoms with Crippen LogP contribution in [0.5, 0.6) is 0 Å². The topological polar surface area (TPSA) is 25.8 Å². The molecule has 2 N–H and O–H groups in total. The van der Waals surface area contributed by atoms with Gasteiger partial charge in [0.2, 0.25) is 0 Å². The second kappa shape index (κ2) is 3.05. The van der Waals surface area contributed by atoms with Crippen molar-refractivity contribution in [2.24, 2.45) is 0 Å². The van der Waals surface area contributed by atoms with E-state index < -0.39 is 0 Å². The maximum atomic E-state index is 4.99. The number of rotatable bonds is 2. The third-order valence-electron chi connectivity index (χ3n) is 1.66. The lowest BCUT2D eigenvalue weighted by atomic mass is 10.2. The molecular weight excluding hydrogens is 102 g/mol. The molecule has 8 heavy (non-hydrogen) atoms. The summed E-state index contributed by atoms with van der Waals surface area (Å²) in [6.45, 7) is 2.23. The Bertz CT molecular complexity index is 59.5. The fraction of sp³-hybridized carbons (Fsp3) is 1.00. The Morgan fingerprint density at radius 1 is 1.75 bits per heavy atom. The average Bonchev–Trinajstić information content (AvgIpc) is 2.19. The van der Waals surface area contributed by atoms with Crippen molar-refractivity contribution in [1.29, 1.82) is 0 Å². The lowest BCUT2D eigenvalue weighted by Crippen LogP contribution is -2.87. The summed E-state index contributed by atoms with van der Waals surface area (Å²) in [5.41, 5.74) is 0. The molecular formula is C6H14NO+. The van der Waals surface area contributed by atoms with Crippen molar-refractivity contribution >= 4 is 0 Å². The first kappa shape index (κ1) is 6.05. The van der Waals surface area contributed by atoms with E-state index in [1.807, 2.05) is 0 Å². The van der Waals surface area contributed by atoms with Gasteiger partial charge in [-0.05, 0) is 0 Å². The van der Waals surface area contributed by atoms with Crippen LogP contribution in [0.4, 0.5) is 0 Å². The minimum absolute atomic E-state index is 0.764. The Morgan fingerprint density at radius 2 is 2.62 bits per heavy atom. The predicted octanol–water partition coefficient (Wildman–Crippen LogP) is -0.641. The largest absolute Gasteiger partial charge is 0.379 e. The summed E-state index contributed by atoms with van der Waals surface area (Å²) in [6.07, 6.45) is 2.71. The normalized spacial score (nSPS) is 28.9. The zero-order chi connectivity index (χ0) is 5.82. The molecule has 0 radical (unpaired) electrons. The Morgan fingerprint density at radius 3 is 3.12 bits per heavy atom. The highest BCUT2D eigenvalue weighted by Crippen LogP contribution is 1.96. The van der Waals surface area contributed by atoms with Gasteiger partial charge in [-0.3, -0.25) is 0 Å². The van der Waals surface area contributed by atoms with Gasteiger partial charge in [-0.1, -0.05) is 0 Å². The van der Waals surface area contributed by atoms with Crippen LogP contribution in [0.25, 0.3) is 0 Å². The molecule has 1 aliphatic rings. The van der Waals surface area contributed by atoms with Crippen LogP contribution in [-0.4, -0.2) is 26.3 Å². The minimum Gasteiger partial charge on any atom is -0.379 e. The molecule has 1 heterocycles. The Balaban J connectivity index is 2.06. The van der Waals surface area contributed by atoms with E-state index in [1.165, 1.54) is 19.4 Å². The molecule has 1 saturated heterocycles. The predicted molar refractivity (Wildman–Crippen MR) is 31.7 cm³/mol. The van der Waals surface area contributed by atoms with Gasteiger partial charge in [0.1, 0.15) is 6.04 Å². The zero-order valence-corrected chi connectivity index (χ0v) is 5.39. The van der Waals surface area contributed by atoms with Crippen LogP contribution in [0.2, 0.25) is 0 Å². The van der Waals surface area contributed by atoms with Gasteiger partial charge in [0.25, 0.3) is 0 Å². The third kappa shape index (κ3) is 1.46. The van der Waals surface area contributed by atoms with Crippen molar-refractivity contribution in [3.8, 4) is 0 Å². The monoisotopic (exact) mass is 116 g/mol. The van der Waals surface area contributed by atoms with Crippen molar-refractivity contribution in [2.75, 3.05) is 20.3 Å². The highest BCUT2D eigenvalue weighted by Gasteiger charge is 2.16. The van der Waals surface area contributed by atoms with Crippen molar-refractivity contribution in [3.63, 3.8) is 0 Å². The first-order valence-electron chi connectivity index (χ1n) is 3.26. The van der Waals surface area contributed by atoms with Crippen LogP contribution >= 0.6 is 0 Å². The zero-order valence-electron chi connectivity index (χ0n) is 5.39. The van der Waals surface area contributed by atoms with Crippen LogP contribution in [0, 0.1) is 0 Å². The van der Waals surface area contributed by atoms with Crippen LogP contribution < -0.4 is 5.32 Å². The molecule has 0 amide bonds. The van der Waals surface area contributed by atoms with E-state index in [0.29, 0.717) is 0 Å². The van der Waals surface area contributed by atoms with Crippen molar-refractivity contribution < 1.29 is 10.1 Å². The summed E-state index contributed by atoms with van der Waals surface area (Å²) in [4.78, 5) is 0. The van der Waals surface area contributed by atoms with E-state index >= 15 is 0 Å². The molecule has 48 valence electrons. The molecule has 2 heteroatoms. The smallest absolute Gasteiger partial charge is 0.110 e. The molecule has 1 atom stereocenters. The molecule has 0 aliphatic carbocycles. The van der Waals surface area contributed by atoms with Gasteiger partial charge in [0, 0.05) is 20.0 Å². The van der Waals surface area contributed by atoms with E-state index in [4.69, 9.17) is 4.74 Å². The van der Waals surface area contributed by atoms with Crippen molar-refractivity contribution in [3.05, 3.63) is 0 Å². The van der Waals surface area contributed by atoms with Gasteiger partial charge < -0.3 is 10.1 Å². The maximum absolute atomic E-state index is 4.99. The summed E-state index contributed by atoms with van der Waals surface area (Å²) < 4.78 is 4.99. The molecule has 0 saturated carbocycles. The molecule has 0 aromatic carbocycles. The third-order valence-corrected chi connectivity index (χ3v) is 1.66. The first-order valence-corrected chi connectivity index (χ1v) is 3.26. The van der Waals surface area contributed by atoms with Crippen molar-refractivity contribution in [1.82, 2.24) is 0 Å². The van der Waals surface area contributed by atoms with Gasteiger partial charge in [-0.25, -0.2) is 0 Å². The Kier molecular flexibility index (Phi) is 2.30. The number of methoxy groups -OCH3 is 1. The SMILES string of the molecule is COC[C@@H]1CCC[NH2+]1. The highest BCUT2D eigenvalue weighted by molar-refractivity contribution is 4.56. The first-order chi connectivity index (χ1) is 3.93. The molecule has 0 unspecified atom stereocenters. The summed E-state index contributed by atoms with van der Waals surface area (Å²) in [7, 11) is 1.77. The van der Waals surface area contributed by atoms with Crippen LogP contribution in [0.1, 0.15) is 12.8 Å². The minimum atomic E-state index is 0.764. The summed E-state index contributed by atoms with van der Waals surface area (Å²) >= 11 is 0. The van der Waals surface area contributed by atoms with Gasteiger partial charge in [-0.2, -0.15) is 0 Å². The van der Waals surface area contributed by atoms with Crippen LogP contribution in [-0.2, 0) is 4.74 Å². The fourth-order valence-corrected chi connectivity index (χ4v) is 1.22. The van der Waals surface area contributed by atoms with E-state index in [2.05, 4.69) is 5.32 Å². The van der Waals surface area contributed by atoms with Gasteiger partial charge >= 0.3 is 0 Å². The average molecular weight is 116 g/mol. The maximum Gasteiger partial charge on any atom is 0.110 e. The Labute approximate surface area is 50.2 Å². The number of ether oxygens (including phenoxy) is 1. The summed E-state index contributed by atoms with van der Waals surface area (Å²) in [5, 5.41) is 2.36. The molecule has 1 rings (SSSR count). The molecule has 0 spiro atoms. The van der Waals surface area contributed by atoms with Gasteiger partial charge in [0.05, 0.1) is 13.2 Å². The van der Waals surface area contributed by atoms with E-state index in [-0.39, 0.29) is 0 Å². The molecule has 0 aromatic heterocycles. The second-order valence-corrected chi connectivity index (χ2v) is 2.38. The fourth-order valence-electron chi connectivity index (χ4n) is 1.22. The lowest BCUT2D eigenvalue weighted by Gasteiger charge is -2.02. The van der Waals surface area contributed by atoms with Crippen molar-refractivity contribution in [2.45, 2.75) is 18.9 Å². The molecule has 1 aliphatic heterocycles. The number of quaternary nitrogens is 1. The lowest BCUT2D eigenvalue weighted by molar-refractivity contribution is -0.671. The molecule has 0 bridgehead atoms. The highest BCUT2D eigenvalue weighted by atomic mass is 16.5. The van der Waals surface area contributed by atoms with Crippen LogP contribution in [0.15, 0.2) is 0 Å². The summed E-state index contributed by atoms with van der Waals surface area (Å²) in [5.74, 6) is 0. The number of nitrogens with two attached hydrogens (primary N) is 1. The molecule has 2 nitrogen and oxygen atoms in total. The van der Waals surface area contributed by atoms with Crippen LogP contribution in [0.3, 0.4) is 0 Å². The van der Waals surface area contributed by atoms with E-state index in [1.54, 1.807) is 7.11 Å². The standard InChI is InChI=1S/C6H13NO/c1-8-5-6-3-2-4-7-6/h6-7H,2-5H2,1H3/p+1/t6-/m0/s1. The summed E-state index contributed by atoms with van der Waals surface area (Å²) in [6, 6.07) is 0.764. The van der Waals surface area contributed by atoms with E-state index in [0.717, 1.165) is 12.6 Å². The Hall–Kier alpha value is -0.0800. The second-order valence-electron chi connectivity index (χ2n) is 2.38. The van der Waals surface area contributed by atoms with Gasteiger partial charge in [0.15, 0.2) is 0 Å². The molecule has 1 fully saturated rings. The molecule has 0 aromatic rings. The van der Waals surface area contributed by atoms with Gasteiger partial charge in [-0.15, -0.1) is 0 Å². The quantitative estimate of drug-likeness (QED) is 0.510. The number of hydrogen-bond donors (Lipinski definition) is 1.